The number of benzene rings is 2. The Balaban J connectivity index is 2.23. The molecule has 0 saturated heterocycles. The summed E-state index contributed by atoms with van der Waals surface area (Å²) in [5, 5.41) is 17.6. The zero-order chi connectivity index (χ0) is 13.9. The van der Waals surface area contributed by atoms with Gasteiger partial charge in [-0.2, -0.15) is 0 Å². The molecule has 0 atom stereocenters. The molecule has 4 nitrogen and oxygen atoms in total. The molecule has 0 unspecified atom stereocenters. The molecule has 0 aliphatic heterocycles. The van der Waals surface area contributed by atoms with Crippen molar-refractivity contribution in [3.8, 4) is 11.1 Å². The van der Waals surface area contributed by atoms with Crippen molar-refractivity contribution in [1.29, 1.82) is 0 Å². The lowest BCUT2D eigenvalue weighted by atomic mass is 9.95. The van der Waals surface area contributed by atoms with Crippen LogP contribution in [0.4, 0.5) is 0 Å². The third-order valence-electron chi connectivity index (χ3n) is 3.49. The molecule has 1 heterocycles. The van der Waals surface area contributed by atoms with Gasteiger partial charge in [-0.05, 0) is 35.0 Å². The van der Waals surface area contributed by atoms with Gasteiger partial charge in [0.1, 0.15) is 11.0 Å². The Labute approximate surface area is 117 Å². The van der Waals surface area contributed by atoms with Gasteiger partial charge in [-0.3, -0.25) is 0 Å². The number of hydrogen-bond donors (Lipinski definition) is 1. The number of fused-ring (bicyclic) bond motifs is 1. The topological polar surface area (TPSA) is 50.9 Å². The first-order chi connectivity index (χ1) is 9.79. The summed E-state index contributed by atoms with van der Waals surface area (Å²) in [7, 11) is 0. The van der Waals surface area contributed by atoms with Crippen LogP contribution in [0.3, 0.4) is 0 Å². The second-order valence-corrected chi connectivity index (χ2v) is 4.91. The van der Waals surface area contributed by atoms with E-state index in [1.807, 2.05) is 24.3 Å². The highest BCUT2D eigenvalue weighted by Gasteiger charge is 2.13. The van der Waals surface area contributed by atoms with E-state index in [4.69, 9.17) is 0 Å². The van der Waals surface area contributed by atoms with Crippen molar-refractivity contribution < 1.29 is 5.21 Å². The van der Waals surface area contributed by atoms with Crippen LogP contribution in [0.25, 0.3) is 22.2 Å². The number of unbranched alkanes of at least 4 members (excludes halogenated alkanes) is 1. The monoisotopic (exact) mass is 267 g/mol. The van der Waals surface area contributed by atoms with Crippen molar-refractivity contribution in [3.05, 3.63) is 48.0 Å². The number of rotatable bonds is 4. The molecule has 0 aliphatic carbocycles. The molecule has 1 aromatic heterocycles. The predicted molar refractivity (Wildman–Crippen MR) is 78.8 cm³/mol. The smallest absolute Gasteiger partial charge is 0.125 e. The van der Waals surface area contributed by atoms with Crippen molar-refractivity contribution >= 4 is 11.0 Å². The quantitative estimate of drug-likeness (QED) is 0.734. The minimum Gasteiger partial charge on any atom is -0.396 e. The Bertz CT molecular complexity index is 719. The molecule has 3 rings (SSSR count). The second-order valence-electron chi connectivity index (χ2n) is 4.91. The van der Waals surface area contributed by atoms with Gasteiger partial charge < -0.3 is 5.21 Å². The van der Waals surface area contributed by atoms with Gasteiger partial charge in [-0.1, -0.05) is 49.7 Å². The summed E-state index contributed by atoms with van der Waals surface area (Å²) in [5.41, 5.74) is 4.92. The average Bonchev–Trinajstić information content (AvgIpc) is 2.85. The van der Waals surface area contributed by atoms with Gasteiger partial charge in [0.2, 0.25) is 0 Å². The molecule has 20 heavy (non-hydrogen) atoms. The molecular weight excluding hydrogens is 250 g/mol. The molecule has 0 aliphatic rings. The summed E-state index contributed by atoms with van der Waals surface area (Å²) < 4.78 is 0. The molecular formula is C16H17N3O. The minimum atomic E-state index is 0.653. The lowest BCUT2D eigenvalue weighted by molar-refractivity contribution is 0.113. The standard InChI is InChI=1S/C16H17N3O/c1-2-3-7-13-10-11-14-16(18-19(20)17-14)15(13)12-8-5-4-6-9-12/h4-6,8-11,20H,2-3,7H2,1H3. The predicted octanol–water partition coefficient (Wildman–Crippen LogP) is 3.68. The molecule has 0 bridgehead atoms. The van der Waals surface area contributed by atoms with Crippen LogP contribution in [-0.4, -0.2) is 20.4 Å². The van der Waals surface area contributed by atoms with E-state index in [0.29, 0.717) is 10.5 Å². The zero-order valence-corrected chi connectivity index (χ0v) is 11.5. The molecule has 0 saturated carbocycles. The van der Waals surface area contributed by atoms with E-state index in [1.54, 1.807) is 0 Å². The first-order valence-electron chi connectivity index (χ1n) is 6.93. The highest BCUT2D eigenvalue weighted by molar-refractivity contribution is 5.93. The van der Waals surface area contributed by atoms with E-state index >= 15 is 0 Å². The van der Waals surface area contributed by atoms with E-state index in [1.165, 1.54) is 5.56 Å². The Morgan fingerprint density at radius 1 is 1.05 bits per heavy atom. The SMILES string of the molecule is CCCCc1ccc2nn(O)nc2c1-c1ccccc1. The third kappa shape index (κ3) is 2.25. The molecule has 0 amide bonds. The first kappa shape index (κ1) is 12.7. The van der Waals surface area contributed by atoms with Gasteiger partial charge in [0.05, 0.1) is 0 Å². The Morgan fingerprint density at radius 2 is 1.85 bits per heavy atom. The van der Waals surface area contributed by atoms with Crippen LogP contribution in [0.2, 0.25) is 0 Å². The maximum atomic E-state index is 9.49. The summed E-state index contributed by atoms with van der Waals surface area (Å²) in [4.78, 5) is 0.653. The number of aromatic nitrogens is 3. The summed E-state index contributed by atoms with van der Waals surface area (Å²) in [5.74, 6) is 0. The van der Waals surface area contributed by atoms with Crippen LogP contribution in [0.15, 0.2) is 42.5 Å². The van der Waals surface area contributed by atoms with Gasteiger partial charge in [-0.25, -0.2) is 0 Å². The molecule has 3 aromatic rings. The van der Waals surface area contributed by atoms with Gasteiger partial charge >= 0.3 is 0 Å². The highest BCUT2D eigenvalue weighted by Crippen LogP contribution is 2.31. The highest BCUT2D eigenvalue weighted by atomic mass is 16.5. The van der Waals surface area contributed by atoms with Crippen molar-refractivity contribution in [3.63, 3.8) is 0 Å². The molecule has 2 aromatic carbocycles. The summed E-state index contributed by atoms with van der Waals surface area (Å²) in [6.45, 7) is 2.19. The van der Waals surface area contributed by atoms with E-state index in [2.05, 4.69) is 35.3 Å². The van der Waals surface area contributed by atoms with Crippen LogP contribution in [0.1, 0.15) is 25.3 Å². The van der Waals surface area contributed by atoms with Crippen LogP contribution < -0.4 is 0 Å². The zero-order valence-electron chi connectivity index (χ0n) is 11.5. The maximum absolute atomic E-state index is 9.49. The molecule has 0 fully saturated rings. The van der Waals surface area contributed by atoms with Crippen LogP contribution in [0, 0.1) is 0 Å². The van der Waals surface area contributed by atoms with Gasteiger partial charge in [0.25, 0.3) is 0 Å². The van der Waals surface area contributed by atoms with Crippen LogP contribution in [-0.2, 0) is 6.42 Å². The largest absolute Gasteiger partial charge is 0.396 e. The Hall–Kier alpha value is -2.36. The minimum absolute atomic E-state index is 0.653. The van der Waals surface area contributed by atoms with E-state index in [9.17, 15) is 5.21 Å². The fraction of sp³-hybridized carbons (Fsp3) is 0.250. The summed E-state index contributed by atoms with van der Waals surface area (Å²) >= 11 is 0. The molecule has 102 valence electrons. The molecule has 1 N–H and O–H groups in total. The number of nitrogens with zero attached hydrogens (tertiary/aromatic N) is 3. The third-order valence-corrected chi connectivity index (χ3v) is 3.49. The maximum Gasteiger partial charge on any atom is 0.125 e. The average molecular weight is 267 g/mol. The lowest BCUT2D eigenvalue weighted by Gasteiger charge is -2.09. The lowest BCUT2D eigenvalue weighted by Crippen LogP contribution is -1.94. The van der Waals surface area contributed by atoms with E-state index in [-0.39, 0.29) is 0 Å². The second kappa shape index (κ2) is 5.33. The Kier molecular flexibility index (Phi) is 3.37. The summed E-state index contributed by atoms with van der Waals surface area (Å²) in [6, 6.07) is 14.2. The van der Waals surface area contributed by atoms with Crippen molar-refractivity contribution in [2.75, 3.05) is 0 Å². The Morgan fingerprint density at radius 3 is 2.60 bits per heavy atom. The number of aryl methyl sites for hydroxylation is 1. The van der Waals surface area contributed by atoms with Crippen LogP contribution in [0.5, 0.6) is 0 Å². The molecule has 4 heteroatoms. The van der Waals surface area contributed by atoms with E-state index < -0.39 is 0 Å². The first-order valence-corrected chi connectivity index (χ1v) is 6.93. The fourth-order valence-electron chi connectivity index (χ4n) is 2.51. The van der Waals surface area contributed by atoms with Gasteiger partial charge in [0.15, 0.2) is 0 Å². The molecule has 0 spiro atoms. The fourth-order valence-corrected chi connectivity index (χ4v) is 2.51. The normalized spacial score (nSPS) is 11.1. The molecule has 0 radical (unpaired) electrons. The van der Waals surface area contributed by atoms with Crippen molar-refractivity contribution in [2.45, 2.75) is 26.2 Å². The van der Waals surface area contributed by atoms with Crippen molar-refractivity contribution in [1.82, 2.24) is 15.2 Å². The summed E-state index contributed by atoms with van der Waals surface area (Å²) in [6.07, 6.45) is 3.30. The van der Waals surface area contributed by atoms with Crippen LogP contribution >= 0.6 is 0 Å². The number of hydrogen-bond acceptors (Lipinski definition) is 3. The van der Waals surface area contributed by atoms with E-state index in [0.717, 1.165) is 35.9 Å². The van der Waals surface area contributed by atoms with Crippen molar-refractivity contribution in [2.24, 2.45) is 0 Å². The van der Waals surface area contributed by atoms with Gasteiger partial charge in [0, 0.05) is 5.56 Å². The van der Waals surface area contributed by atoms with Gasteiger partial charge in [-0.15, -0.1) is 10.2 Å².